The zero-order chi connectivity index (χ0) is 21.6. The van der Waals surface area contributed by atoms with Gasteiger partial charge in [-0.2, -0.15) is 0 Å². The number of sulfone groups is 1. The van der Waals surface area contributed by atoms with Gasteiger partial charge in [0.1, 0.15) is 0 Å². The van der Waals surface area contributed by atoms with Crippen molar-refractivity contribution in [3.05, 3.63) is 42.0 Å². The molecule has 0 aliphatic carbocycles. The van der Waals surface area contributed by atoms with Crippen molar-refractivity contribution in [2.75, 3.05) is 31.1 Å². The van der Waals surface area contributed by atoms with Gasteiger partial charge in [-0.15, -0.1) is 0 Å². The maximum Gasteiger partial charge on any atom is 0.246 e. The summed E-state index contributed by atoms with van der Waals surface area (Å²) in [4.78, 5) is 29.3. The molecule has 2 aliphatic rings. The van der Waals surface area contributed by atoms with Gasteiger partial charge in [0.25, 0.3) is 0 Å². The molecular weight excluding hydrogens is 400 g/mol. The second-order valence-corrected chi connectivity index (χ2v) is 10.5. The number of rotatable bonds is 7. The first-order valence-corrected chi connectivity index (χ1v) is 12.7. The SMILES string of the molecule is CCCCN(C(=O)C1CCN(C(=O)/C=C/c2ccccc2)CC1)C1CCS(=O)(=O)C1. The summed E-state index contributed by atoms with van der Waals surface area (Å²) >= 11 is 0. The number of piperidine rings is 1. The molecule has 0 aromatic heterocycles. The average molecular weight is 433 g/mol. The lowest BCUT2D eigenvalue weighted by Crippen LogP contribution is -2.48. The molecule has 2 heterocycles. The third-order valence-corrected chi connectivity index (χ3v) is 7.81. The lowest BCUT2D eigenvalue weighted by molar-refractivity contribution is -0.141. The molecule has 0 bridgehead atoms. The molecule has 30 heavy (non-hydrogen) atoms. The number of benzene rings is 1. The number of hydrogen-bond donors (Lipinski definition) is 0. The van der Waals surface area contributed by atoms with Crippen molar-refractivity contribution < 1.29 is 18.0 Å². The number of carbonyl (C=O) groups is 2. The molecule has 0 saturated carbocycles. The van der Waals surface area contributed by atoms with Crippen LogP contribution >= 0.6 is 0 Å². The molecule has 1 aromatic carbocycles. The van der Waals surface area contributed by atoms with Crippen LogP contribution in [0.15, 0.2) is 36.4 Å². The summed E-state index contributed by atoms with van der Waals surface area (Å²) in [6.45, 7) is 3.80. The Morgan fingerprint density at radius 3 is 2.43 bits per heavy atom. The molecule has 7 heteroatoms. The minimum atomic E-state index is -3.03. The van der Waals surface area contributed by atoms with Gasteiger partial charge in [0.2, 0.25) is 11.8 Å². The van der Waals surface area contributed by atoms with E-state index in [2.05, 4.69) is 6.92 Å². The second kappa shape index (κ2) is 10.2. The van der Waals surface area contributed by atoms with Gasteiger partial charge in [-0.1, -0.05) is 43.7 Å². The van der Waals surface area contributed by atoms with Gasteiger partial charge in [-0.25, -0.2) is 8.42 Å². The Morgan fingerprint density at radius 1 is 1.13 bits per heavy atom. The zero-order valence-electron chi connectivity index (χ0n) is 17.7. The van der Waals surface area contributed by atoms with Crippen LogP contribution in [0, 0.1) is 5.92 Å². The summed E-state index contributed by atoms with van der Waals surface area (Å²) in [7, 11) is -3.03. The van der Waals surface area contributed by atoms with Crippen molar-refractivity contribution in [3.63, 3.8) is 0 Å². The van der Waals surface area contributed by atoms with Gasteiger partial charge >= 0.3 is 0 Å². The Hall–Kier alpha value is -2.15. The van der Waals surface area contributed by atoms with Crippen molar-refractivity contribution in [1.29, 1.82) is 0 Å². The Bertz CT molecular complexity index is 858. The third kappa shape index (κ3) is 5.94. The quantitative estimate of drug-likeness (QED) is 0.621. The number of unbranched alkanes of at least 4 members (excludes halogenated alkanes) is 1. The van der Waals surface area contributed by atoms with Crippen LogP contribution in [0.2, 0.25) is 0 Å². The Labute approximate surface area is 179 Å². The minimum absolute atomic E-state index is 0.0329. The summed E-state index contributed by atoms with van der Waals surface area (Å²) in [5, 5.41) is 0. The van der Waals surface area contributed by atoms with Crippen LogP contribution in [0.4, 0.5) is 0 Å². The van der Waals surface area contributed by atoms with Crippen molar-refractivity contribution in [1.82, 2.24) is 9.80 Å². The van der Waals surface area contributed by atoms with Crippen molar-refractivity contribution >= 4 is 27.7 Å². The summed E-state index contributed by atoms with van der Waals surface area (Å²) in [5.74, 6) is 0.164. The molecule has 1 aromatic rings. The number of carbonyl (C=O) groups excluding carboxylic acids is 2. The van der Waals surface area contributed by atoms with E-state index in [1.807, 2.05) is 41.3 Å². The summed E-state index contributed by atoms with van der Waals surface area (Å²) in [5.41, 5.74) is 0.981. The highest BCUT2D eigenvalue weighted by Crippen LogP contribution is 2.25. The number of hydrogen-bond acceptors (Lipinski definition) is 4. The highest BCUT2D eigenvalue weighted by atomic mass is 32.2. The predicted molar refractivity (Wildman–Crippen MR) is 118 cm³/mol. The maximum atomic E-state index is 13.2. The number of likely N-dealkylation sites (tertiary alicyclic amines) is 1. The van der Waals surface area contributed by atoms with Crippen molar-refractivity contribution in [3.8, 4) is 0 Å². The lowest BCUT2D eigenvalue weighted by atomic mass is 9.94. The molecule has 2 aliphatic heterocycles. The lowest BCUT2D eigenvalue weighted by Gasteiger charge is -2.36. The smallest absolute Gasteiger partial charge is 0.246 e. The molecule has 0 N–H and O–H groups in total. The highest BCUT2D eigenvalue weighted by Gasteiger charge is 2.37. The monoisotopic (exact) mass is 432 g/mol. The van der Waals surface area contributed by atoms with Crippen LogP contribution in [0.3, 0.4) is 0 Å². The van der Waals surface area contributed by atoms with E-state index < -0.39 is 9.84 Å². The standard InChI is InChI=1S/C23H32N2O4S/c1-2-3-14-25(21-13-17-30(28,29)18-21)23(27)20-11-15-24(16-12-20)22(26)10-9-19-7-5-4-6-8-19/h4-10,20-21H,2-3,11-18H2,1H3/b10-9+. The molecular formula is C23H32N2O4S. The van der Waals surface area contributed by atoms with Crippen LogP contribution in [-0.2, 0) is 19.4 Å². The van der Waals surface area contributed by atoms with Crippen LogP contribution in [0.1, 0.15) is 44.6 Å². The summed E-state index contributed by atoms with van der Waals surface area (Å²) < 4.78 is 23.8. The molecule has 3 rings (SSSR count). The first-order valence-electron chi connectivity index (χ1n) is 10.9. The maximum absolute atomic E-state index is 13.2. The van der Waals surface area contributed by atoms with Gasteiger partial charge in [-0.3, -0.25) is 9.59 Å². The van der Waals surface area contributed by atoms with E-state index >= 15 is 0 Å². The van der Waals surface area contributed by atoms with Gasteiger partial charge in [0.15, 0.2) is 9.84 Å². The first-order chi connectivity index (χ1) is 14.4. The van der Waals surface area contributed by atoms with E-state index in [0.717, 1.165) is 18.4 Å². The Balaban J connectivity index is 1.56. The molecule has 1 atom stereocenters. The van der Waals surface area contributed by atoms with E-state index in [0.29, 0.717) is 38.9 Å². The van der Waals surface area contributed by atoms with E-state index in [4.69, 9.17) is 0 Å². The molecule has 0 radical (unpaired) electrons. The molecule has 0 spiro atoms. The van der Waals surface area contributed by atoms with Crippen molar-refractivity contribution in [2.24, 2.45) is 5.92 Å². The molecule has 2 saturated heterocycles. The van der Waals surface area contributed by atoms with Crippen LogP contribution in [0.5, 0.6) is 0 Å². The first kappa shape index (κ1) is 22.5. The average Bonchev–Trinajstić information content (AvgIpc) is 3.12. The van der Waals surface area contributed by atoms with Crippen LogP contribution < -0.4 is 0 Å². The van der Waals surface area contributed by atoms with Gasteiger partial charge in [-0.05, 0) is 37.3 Å². The van der Waals surface area contributed by atoms with Gasteiger partial charge in [0, 0.05) is 37.7 Å². The third-order valence-electron chi connectivity index (χ3n) is 6.06. The number of amides is 2. The van der Waals surface area contributed by atoms with E-state index in [1.54, 1.807) is 11.0 Å². The van der Waals surface area contributed by atoms with E-state index in [9.17, 15) is 18.0 Å². The van der Waals surface area contributed by atoms with Crippen molar-refractivity contribution in [2.45, 2.75) is 45.1 Å². The van der Waals surface area contributed by atoms with E-state index in [1.165, 1.54) is 0 Å². The molecule has 1 unspecified atom stereocenters. The highest BCUT2D eigenvalue weighted by molar-refractivity contribution is 7.91. The molecule has 6 nitrogen and oxygen atoms in total. The fourth-order valence-corrected chi connectivity index (χ4v) is 5.97. The molecule has 164 valence electrons. The van der Waals surface area contributed by atoms with E-state index in [-0.39, 0.29) is 35.3 Å². The fourth-order valence-electron chi connectivity index (χ4n) is 4.24. The molecule has 2 amide bonds. The number of nitrogens with zero attached hydrogens (tertiary/aromatic N) is 2. The summed E-state index contributed by atoms with van der Waals surface area (Å²) in [6, 6.07) is 9.50. The Morgan fingerprint density at radius 2 is 1.83 bits per heavy atom. The predicted octanol–water partition coefficient (Wildman–Crippen LogP) is 2.75. The summed E-state index contributed by atoms with van der Waals surface area (Å²) in [6.07, 6.45) is 7.05. The zero-order valence-corrected chi connectivity index (χ0v) is 18.5. The van der Waals surface area contributed by atoms with Crippen LogP contribution in [-0.4, -0.2) is 67.2 Å². The van der Waals surface area contributed by atoms with Crippen LogP contribution in [0.25, 0.3) is 6.08 Å². The second-order valence-electron chi connectivity index (χ2n) is 8.29. The largest absolute Gasteiger partial charge is 0.339 e. The minimum Gasteiger partial charge on any atom is -0.339 e. The molecule has 2 fully saturated rings. The Kier molecular flexibility index (Phi) is 7.69. The topological polar surface area (TPSA) is 74.8 Å². The van der Waals surface area contributed by atoms with Gasteiger partial charge < -0.3 is 9.80 Å². The normalized spacial score (nSPS) is 21.8. The fraction of sp³-hybridized carbons (Fsp3) is 0.565. The van der Waals surface area contributed by atoms with Gasteiger partial charge in [0.05, 0.1) is 11.5 Å².